The third-order valence-electron chi connectivity index (χ3n) is 5.81. The predicted molar refractivity (Wildman–Crippen MR) is 150 cm³/mol. The summed E-state index contributed by atoms with van der Waals surface area (Å²) in [6.07, 6.45) is 9.69. The van der Waals surface area contributed by atoms with Gasteiger partial charge >= 0.3 is 29.0 Å². The molecule has 1 aliphatic heterocycles. The number of carbonyl (C=O) groups is 1. The zero-order chi connectivity index (χ0) is 25.2. The number of halogens is 1. The van der Waals surface area contributed by atoms with E-state index >= 15 is 0 Å². The standard InChI is InChI=1S/C13H24O2.C11H22O.C4H8O.CH3.BrH.Mg/c1-6-12(5)15-13(14)11(4)9-7-8-10(2)3;1-9(2)7-6-8-10(3)11(4,5)12;1-2-4-5-3-1;;;/h11-12H,2,6-9H2,1,3-5H3;10,12H,1,6-8H2,2-5H3;1-4H2;1H3;1H;/q;;;-1;;+2/p-1. The zero-order valence-electron chi connectivity index (χ0n) is 24.7. The molecule has 35 heavy (non-hydrogen) atoms. The van der Waals surface area contributed by atoms with Crippen LogP contribution in [0.3, 0.4) is 0 Å². The molecule has 1 rings (SSSR count). The van der Waals surface area contributed by atoms with E-state index in [1.807, 2.05) is 41.5 Å². The van der Waals surface area contributed by atoms with Crippen molar-refractivity contribution in [2.75, 3.05) is 13.2 Å². The Balaban J connectivity index is -0.000000134. The molecule has 0 aromatic carbocycles. The van der Waals surface area contributed by atoms with Gasteiger partial charge in [-0.25, -0.2) is 0 Å². The molecule has 0 aromatic heterocycles. The second kappa shape index (κ2) is 27.2. The summed E-state index contributed by atoms with van der Waals surface area (Å²) in [6, 6.07) is 0. The number of rotatable bonds is 12. The average molecular weight is 574 g/mol. The van der Waals surface area contributed by atoms with Crippen LogP contribution in [-0.2, 0) is 14.3 Å². The van der Waals surface area contributed by atoms with Crippen LogP contribution in [0.1, 0.15) is 113 Å². The summed E-state index contributed by atoms with van der Waals surface area (Å²) in [4.78, 5) is 11.5. The third-order valence-corrected chi connectivity index (χ3v) is 5.81. The summed E-state index contributed by atoms with van der Waals surface area (Å²) < 4.78 is 10.2. The van der Waals surface area contributed by atoms with Crippen LogP contribution < -0.4 is 17.0 Å². The third kappa shape index (κ3) is 32.1. The summed E-state index contributed by atoms with van der Waals surface area (Å²) >= 11 is 0. The number of esters is 1. The SMILES string of the molecule is C1CCOC1.C=C(C)CCCC(C)C(=O)OC(C)CC.C=C(C)CCCC(C)C(C)(C)O.[Br-].[CH3-].[Mg+2]. The Hall–Kier alpha value is 0.116. The van der Waals surface area contributed by atoms with Crippen LogP contribution in [0.4, 0.5) is 0 Å². The zero-order valence-corrected chi connectivity index (χ0v) is 27.7. The van der Waals surface area contributed by atoms with Crippen LogP contribution in [0.5, 0.6) is 0 Å². The van der Waals surface area contributed by atoms with Crippen LogP contribution in [-0.4, -0.2) is 59.0 Å². The van der Waals surface area contributed by atoms with Gasteiger partial charge in [-0.2, -0.15) is 0 Å². The minimum Gasteiger partial charge on any atom is -1.00 e. The smallest absolute Gasteiger partial charge is 1.00 e. The van der Waals surface area contributed by atoms with E-state index in [9.17, 15) is 9.90 Å². The maximum absolute atomic E-state index is 11.5. The molecular formula is C29H57BrMgO4. The Labute approximate surface area is 246 Å². The summed E-state index contributed by atoms with van der Waals surface area (Å²) in [6.45, 7) is 25.5. The molecule has 3 unspecified atom stereocenters. The van der Waals surface area contributed by atoms with Crippen LogP contribution >= 0.6 is 0 Å². The number of hydrogen-bond acceptors (Lipinski definition) is 4. The minimum absolute atomic E-state index is 0. The van der Waals surface area contributed by atoms with Gasteiger partial charge in [0.05, 0.1) is 17.6 Å². The Kier molecular flexibility index (Phi) is 35.0. The fraction of sp³-hybridized carbons (Fsp3) is 0.793. The molecule has 1 aliphatic rings. The van der Waals surface area contributed by atoms with E-state index in [-0.39, 0.29) is 65.5 Å². The number of carbonyl (C=O) groups excluding carboxylic acids is 1. The molecule has 1 fully saturated rings. The second-order valence-electron chi connectivity index (χ2n) is 10.1. The molecule has 6 heteroatoms. The van der Waals surface area contributed by atoms with Crippen LogP contribution in [0.25, 0.3) is 0 Å². The van der Waals surface area contributed by atoms with Gasteiger partial charge in [-0.15, -0.1) is 13.2 Å². The molecule has 0 amide bonds. The fourth-order valence-electron chi connectivity index (χ4n) is 2.80. The quantitative estimate of drug-likeness (QED) is 0.159. The van der Waals surface area contributed by atoms with Crippen molar-refractivity contribution < 1.29 is 36.4 Å². The molecule has 206 valence electrons. The van der Waals surface area contributed by atoms with Gasteiger partial charge < -0.3 is 39.0 Å². The first kappa shape index (κ1) is 45.1. The Morgan fingerprint density at radius 1 is 1.00 bits per heavy atom. The van der Waals surface area contributed by atoms with Crippen molar-refractivity contribution in [2.45, 2.75) is 125 Å². The number of hydrogen-bond donors (Lipinski definition) is 1. The van der Waals surface area contributed by atoms with Gasteiger partial charge in [0.2, 0.25) is 0 Å². The van der Waals surface area contributed by atoms with Crippen molar-refractivity contribution in [1.82, 2.24) is 0 Å². The van der Waals surface area contributed by atoms with Crippen LogP contribution in [0.2, 0.25) is 0 Å². The van der Waals surface area contributed by atoms with E-state index in [1.54, 1.807) is 0 Å². The largest absolute Gasteiger partial charge is 2.00 e. The van der Waals surface area contributed by atoms with Crippen molar-refractivity contribution in [3.63, 3.8) is 0 Å². The first-order valence-corrected chi connectivity index (χ1v) is 12.6. The first-order valence-electron chi connectivity index (χ1n) is 12.6. The van der Waals surface area contributed by atoms with Crippen molar-refractivity contribution in [1.29, 1.82) is 0 Å². The predicted octanol–water partition coefficient (Wildman–Crippen LogP) is 4.72. The van der Waals surface area contributed by atoms with Crippen molar-refractivity contribution in [3.05, 3.63) is 31.7 Å². The van der Waals surface area contributed by atoms with Crippen molar-refractivity contribution >= 4 is 29.0 Å². The molecule has 0 radical (unpaired) electrons. The minimum atomic E-state index is -0.533. The first-order chi connectivity index (χ1) is 14.8. The molecule has 1 heterocycles. The normalized spacial score (nSPS) is 14.5. The number of allylic oxidation sites excluding steroid dienone is 2. The summed E-state index contributed by atoms with van der Waals surface area (Å²) in [5.74, 6) is 0.321. The van der Waals surface area contributed by atoms with E-state index in [0.29, 0.717) is 5.92 Å². The van der Waals surface area contributed by atoms with Gasteiger partial charge in [-0.3, -0.25) is 4.79 Å². The fourth-order valence-corrected chi connectivity index (χ4v) is 2.80. The molecule has 0 aromatic rings. The summed E-state index contributed by atoms with van der Waals surface area (Å²) in [7, 11) is 0. The van der Waals surface area contributed by atoms with E-state index in [2.05, 4.69) is 27.0 Å². The monoisotopic (exact) mass is 572 g/mol. The topological polar surface area (TPSA) is 55.8 Å². The Bertz CT molecular complexity index is 506. The maximum atomic E-state index is 11.5. The molecule has 1 saturated heterocycles. The van der Waals surface area contributed by atoms with E-state index in [0.717, 1.165) is 58.2 Å². The van der Waals surface area contributed by atoms with Crippen molar-refractivity contribution in [2.24, 2.45) is 11.8 Å². The molecule has 0 aliphatic carbocycles. The van der Waals surface area contributed by atoms with Crippen LogP contribution in [0.15, 0.2) is 24.3 Å². The van der Waals surface area contributed by atoms with Gasteiger partial charge in [0.15, 0.2) is 0 Å². The molecule has 0 saturated carbocycles. The Morgan fingerprint density at radius 2 is 1.43 bits per heavy atom. The van der Waals surface area contributed by atoms with E-state index in [1.165, 1.54) is 24.0 Å². The van der Waals surface area contributed by atoms with Gasteiger partial charge in [0.25, 0.3) is 0 Å². The van der Waals surface area contributed by atoms with Crippen molar-refractivity contribution in [3.8, 4) is 0 Å². The van der Waals surface area contributed by atoms with E-state index in [4.69, 9.17) is 9.47 Å². The second-order valence-corrected chi connectivity index (χ2v) is 10.1. The molecule has 3 atom stereocenters. The molecule has 4 nitrogen and oxygen atoms in total. The maximum Gasteiger partial charge on any atom is 2.00 e. The summed E-state index contributed by atoms with van der Waals surface area (Å²) in [5, 5.41) is 9.63. The Morgan fingerprint density at radius 3 is 1.74 bits per heavy atom. The molecule has 1 N–H and O–H groups in total. The molecule has 0 bridgehead atoms. The van der Waals surface area contributed by atoms with Gasteiger partial charge in [-0.1, -0.05) is 31.9 Å². The molecular weight excluding hydrogens is 517 g/mol. The average Bonchev–Trinajstić information content (AvgIpc) is 3.27. The van der Waals surface area contributed by atoms with Gasteiger partial charge in [0, 0.05) is 13.2 Å². The number of aliphatic hydroxyl groups is 1. The van der Waals surface area contributed by atoms with Crippen LogP contribution in [0, 0.1) is 19.3 Å². The van der Waals surface area contributed by atoms with Gasteiger partial charge in [-0.05, 0) is 98.3 Å². The van der Waals surface area contributed by atoms with E-state index < -0.39 is 5.60 Å². The van der Waals surface area contributed by atoms with Gasteiger partial charge in [0.1, 0.15) is 0 Å². The summed E-state index contributed by atoms with van der Waals surface area (Å²) in [5.41, 5.74) is 1.88. The number of ether oxygens (including phenoxy) is 2. The molecule has 0 spiro atoms.